The molecule has 60 heavy (non-hydrogen) atoms. The second-order valence-corrected chi connectivity index (χ2v) is 18.4. The third-order valence-electron chi connectivity index (χ3n) is 11.1. The molecule has 6 atom stereocenters. The molecule has 1 heterocycles. The van der Waals surface area contributed by atoms with Gasteiger partial charge in [0.15, 0.2) is 12.4 Å². The topological polar surface area (TPSA) is 186 Å². The van der Waals surface area contributed by atoms with Crippen molar-refractivity contribution in [2.24, 2.45) is 0 Å². The number of aliphatic hydroxyl groups is 3. The number of allylic oxidation sites excluding steroid dienone is 3. The van der Waals surface area contributed by atoms with E-state index < -0.39 is 71.2 Å². The molecule has 1 rings (SSSR count). The van der Waals surface area contributed by atoms with Crippen LogP contribution in [0.2, 0.25) is 0 Å². The number of carbonyl (C=O) groups is 2. The highest BCUT2D eigenvalue weighted by atomic mass is 32.2. The molecular weight excluding hydrogens is 789 g/mol. The van der Waals surface area contributed by atoms with E-state index >= 15 is 0 Å². The summed E-state index contributed by atoms with van der Waals surface area (Å²) in [7, 11) is -4.61. The van der Waals surface area contributed by atoms with Crippen molar-refractivity contribution in [3.63, 3.8) is 0 Å². The molecule has 0 saturated carbocycles. The second-order valence-electron chi connectivity index (χ2n) is 16.9. The average Bonchev–Trinajstić information content (AvgIpc) is 3.21. The third kappa shape index (κ3) is 31.9. The van der Waals surface area contributed by atoms with Crippen LogP contribution < -0.4 is 0 Å². The summed E-state index contributed by atoms with van der Waals surface area (Å²) in [6.45, 7) is 3.67. The van der Waals surface area contributed by atoms with Gasteiger partial charge in [0.1, 0.15) is 36.8 Å². The Morgan fingerprint density at radius 3 is 1.52 bits per heavy atom. The maximum Gasteiger partial charge on any atom is 0.330 e. The van der Waals surface area contributed by atoms with Crippen LogP contribution in [-0.4, -0.2) is 96.0 Å². The summed E-state index contributed by atoms with van der Waals surface area (Å²) < 4.78 is 53.9. The molecule has 352 valence electrons. The number of esters is 2. The first kappa shape index (κ1) is 56.1. The van der Waals surface area contributed by atoms with Crippen molar-refractivity contribution in [3.8, 4) is 0 Å². The van der Waals surface area contributed by atoms with Crippen molar-refractivity contribution in [2.45, 2.75) is 243 Å². The van der Waals surface area contributed by atoms with Gasteiger partial charge in [0.2, 0.25) is 0 Å². The van der Waals surface area contributed by atoms with Crippen molar-refractivity contribution < 1.29 is 56.8 Å². The Balaban J connectivity index is 2.46. The van der Waals surface area contributed by atoms with E-state index in [1.54, 1.807) is 12.2 Å². The molecule has 1 saturated heterocycles. The highest BCUT2D eigenvalue weighted by Crippen LogP contribution is 2.24. The van der Waals surface area contributed by atoms with E-state index in [1.165, 1.54) is 154 Å². The smallest absolute Gasteiger partial charge is 0.330 e. The number of ether oxygens (including phenoxy) is 4. The molecule has 0 bridgehead atoms. The van der Waals surface area contributed by atoms with Gasteiger partial charge in [0.25, 0.3) is 10.1 Å². The maximum atomic E-state index is 12.8. The van der Waals surface area contributed by atoms with Gasteiger partial charge in [-0.2, -0.15) is 8.42 Å². The van der Waals surface area contributed by atoms with Gasteiger partial charge in [-0.05, 0) is 19.3 Å². The Labute approximate surface area is 364 Å². The molecule has 4 N–H and O–H groups in total. The Hall–Kier alpha value is -1.87. The molecule has 1 aliphatic heterocycles. The molecule has 2 unspecified atom stereocenters. The fraction of sp³-hybridized carbons (Fsp3) is 0.872. The second kappa shape index (κ2) is 37.7. The first-order valence-corrected chi connectivity index (χ1v) is 25.5. The first-order chi connectivity index (χ1) is 29.0. The molecule has 0 radical (unpaired) electrons. The van der Waals surface area contributed by atoms with E-state index in [0.717, 1.165) is 32.1 Å². The van der Waals surface area contributed by atoms with Gasteiger partial charge in [0, 0.05) is 12.5 Å². The summed E-state index contributed by atoms with van der Waals surface area (Å²) in [5.74, 6) is -2.23. The van der Waals surface area contributed by atoms with Gasteiger partial charge in [-0.1, -0.05) is 199 Å². The first-order valence-electron chi connectivity index (χ1n) is 23.9. The summed E-state index contributed by atoms with van der Waals surface area (Å²) in [5.41, 5.74) is 0. The van der Waals surface area contributed by atoms with E-state index in [1.807, 2.05) is 6.08 Å². The van der Waals surface area contributed by atoms with Gasteiger partial charge in [-0.25, -0.2) is 4.79 Å². The van der Waals surface area contributed by atoms with Gasteiger partial charge in [-0.3, -0.25) is 9.35 Å². The summed E-state index contributed by atoms with van der Waals surface area (Å²) in [6.07, 6.45) is 32.8. The zero-order valence-corrected chi connectivity index (χ0v) is 38.4. The van der Waals surface area contributed by atoms with Gasteiger partial charge < -0.3 is 34.3 Å². The minimum Gasteiger partial charge on any atom is -0.458 e. The maximum absolute atomic E-state index is 12.8. The molecule has 0 aromatic rings. The molecule has 0 spiro atoms. The molecule has 1 aliphatic rings. The van der Waals surface area contributed by atoms with E-state index in [9.17, 15) is 37.9 Å². The highest BCUT2D eigenvalue weighted by Gasteiger charge is 2.46. The van der Waals surface area contributed by atoms with Crippen LogP contribution in [0.25, 0.3) is 0 Å². The SMILES string of the molecule is CCCCCCCCCCCCC/C=C/C=C/C(=O)OC[C@H](CO[C@H]1O[C@H](CS(=O)(=O)O)[C@@H](O)C(O)C1O)OC(=O)CCCCCCCCCCCCCCCCCCC. The van der Waals surface area contributed by atoms with Crippen LogP contribution in [-0.2, 0) is 38.7 Å². The van der Waals surface area contributed by atoms with Crippen LogP contribution in [0.3, 0.4) is 0 Å². The van der Waals surface area contributed by atoms with Crippen molar-refractivity contribution >= 4 is 22.1 Å². The molecule has 1 fully saturated rings. The van der Waals surface area contributed by atoms with Crippen LogP contribution >= 0.6 is 0 Å². The summed E-state index contributed by atoms with van der Waals surface area (Å²) in [6, 6.07) is 0. The minimum absolute atomic E-state index is 0.150. The Kier molecular flexibility index (Phi) is 35.2. The number of hydrogen-bond acceptors (Lipinski definition) is 11. The minimum atomic E-state index is -4.61. The normalized spacial score (nSPS) is 20.3. The van der Waals surface area contributed by atoms with Crippen LogP contribution in [0.15, 0.2) is 24.3 Å². The van der Waals surface area contributed by atoms with Crippen molar-refractivity contribution in [1.29, 1.82) is 0 Å². The number of rotatable bonds is 40. The largest absolute Gasteiger partial charge is 0.458 e. The predicted octanol–water partition coefficient (Wildman–Crippen LogP) is 10.0. The van der Waals surface area contributed by atoms with Crippen LogP contribution in [0.1, 0.15) is 206 Å². The molecule has 0 aliphatic carbocycles. The number of hydrogen-bond donors (Lipinski definition) is 4. The Bertz CT molecular complexity index is 1210. The van der Waals surface area contributed by atoms with E-state index in [-0.39, 0.29) is 13.0 Å². The summed E-state index contributed by atoms with van der Waals surface area (Å²) in [5, 5.41) is 30.9. The van der Waals surface area contributed by atoms with Gasteiger partial charge >= 0.3 is 11.9 Å². The van der Waals surface area contributed by atoms with Crippen LogP contribution in [0, 0.1) is 0 Å². The number of carbonyl (C=O) groups excluding carboxylic acids is 2. The van der Waals surface area contributed by atoms with Crippen molar-refractivity contribution in [3.05, 3.63) is 24.3 Å². The van der Waals surface area contributed by atoms with Crippen molar-refractivity contribution in [2.75, 3.05) is 19.0 Å². The average molecular weight is 875 g/mol. The summed E-state index contributed by atoms with van der Waals surface area (Å²) in [4.78, 5) is 25.3. The Morgan fingerprint density at radius 2 is 1.05 bits per heavy atom. The Morgan fingerprint density at radius 1 is 0.600 bits per heavy atom. The number of aliphatic hydroxyl groups excluding tert-OH is 3. The van der Waals surface area contributed by atoms with E-state index in [4.69, 9.17) is 18.9 Å². The van der Waals surface area contributed by atoms with E-state index in [2.05, 4.69) is 13.8 Å². The highest BCUT2D eigenvalue weighted by molar-refractivity contribution is 7.85. The lowest BCUT2D eigenvalue weighted by Crippen LogP contribution is -2.60. The molecule has 12 nitrogen and oxygen atoms in total. The zero-order chi connectivity index (χ0) is 44.1. The molecule has 0 aromatic carbocycles. The van der Waals surface area contributed by atoms with Crippen LogP contribution in [0.5, 0.6) is 0 Å². The standard InChI is InChI=1S/C47H86O12S/c1-3-5-7-9-11-13-15-17-19-20-22-24-26-28-30-32-34-36-43(49)58-40(38-57-47-46(52)45(51)44(50)41(59-47)39-60(53,54)55)37-56-42(48)35-33-31-29-27-25-23-21-18-16-14-12-10-8-6-4-2/h29,31,33,35,40-41,44-47,50-52H,3-28,30,32,34,36-39H2,1-2H3,(H,53,54,55)/b31-29+,35-33+/t40-,41-,44-,45?,46?,47+/m1/s1. The fourth-order valence-electron chi connectivity index (χ4n) is 7.42. The lowest BCUT2D eigenvalue weighted by atomic mass is 10.00. The zero-order valence-electron chi connectivity index (χ0n) is 37.6. The lowest BCUT2D eigenvalue weighted by Gasteiger charge is -2.40. The monoisotopic (exact) mass is 875 g/mol. The van der Waals surface area contributed by atoms with Crippen LogP contribution in [0.4, 0.5) is 0 Å². The lowest BCUT2D eigenvalue weighted by molar-refractivity contribution is -0.297. The van der Waals surface area contributed by atoms with E-state index in [0.29, 0.717) is 6.42 Å². The quantitative estimate of drug-likeness (QED) is 0.0150. The summed E-state index contributed by atoms with van der Waals surface area (Å²) >= 11 is 0. The predicted molar refractivity (Wildman–Crippen MR) is 238 cm³/mol. The number of unbranched alkanes of at least 4 members (excludes halogenated alkanes) is 27. The van der Waals surface area contributed by atoms with Gasteiger partial charge in [0.05, 0.1) is 6.61 Å². The molecule has 0 amide bonds. The molecule has 0 aromatic heterocycles. The molecular formula is C47H86O12S. The fourth-order valence-corrected chi connectivity index (χ4v) is 8.11. The molecule has 13 heteroatoms. The van der Waals surface area contributed by atoms with Gasteiger partial charge in [-0.15, -0.1) is 0 Å². The third-order valence-corrected chi connectivity index (χ3v) is 11.9. The van der Waals surface area contributed by atoms with Crippen molar-refractivity contribution in [1.82, 2.24) is 0 Å².